The predicted molar refractivity (Wildman–Crippen MR) is 76.7 cm³/mol. The summed E-state index contributed by atoms with van der Waals surface area (Å²) in [5.41, 5.74) is 0. The summed E-state index contributed by atoms with van der Waals surface area (Å²) in [6, 6.07) is 5.40. The van der Waals surface area contributed by atoms with Gasteiger partial charge in [-0.05, 0) is 31.5 Å². The van der Waals surface area contributed by atoms with Gasteiger partial charge in [0.15, 0.2) is 11.5 Å². The van der Waals surface area contributed by atoms with Crippen LogP contribution in [0.15, 0.2) is 18.2 Å². The molecule has 1 fully saturated rings. The van der Waals surface area contributed by atoms with Gasteiger partial charge in [-0.1, -0.05) is 6.42 Å². The van der Waals surface area contributed by atoms with Gasteiger partial charge in [0, 0.05) is 6.07 Å². The van der Waals surface area contributed by atoms with E-state index >= 15 is 0 Å². The van der Waals surface area contributed by atoms with E-state index in [1.54, 1.807) is 6.07 Å². The van der Waals surface area contributed by atoms with Gasteiger partial charge in [0.1, 0.15) is 12.4 Å². The average Bonchev–Trinajstić information content (AvgIpc) is 3.00. The molecular weight excluding hydrogens is 272 g/mol. The van der Waals surface area contributed by atoms with Crippen molar-refractivity contribution < 1.29 is 19.0 Å². The lowest BCUT2D eigenvalue weighted by Gasteiger charge is -2.22. The van der Waals surface area contributed by atoms with Gasteiger partial charge in [0.2, 0.25) is 12.7 Å². The number of rotatable bonds is 5. The third-order valence-corrected chi connectivity index (χ3v) is 3.64. The third kappa shape index (κ3) is 3.58. The number of hydrogen-bond acceptors (Lipinski definition) is 5. The quantitative estimate of drug-likeness (QED) is 0.794. The summed E-state index contributed by atoms with van der Waals surface area (Å²) in [6.45, 7) is 2.10. The molecular formula is C15H20N2O4. The second-order valence-corrected chi connectivity index (χ2v) is 5.16. The first-order valence-electron chi connectivity index (χ1n) is 7.36. The first-order valence-corrected chi connectivity index (χ1v) is 7.36. The van der Waals surface area contributed by atoms with Crippen LogP contribution in [-0.4, -0.2) is 38.4 Å². The molecule has 0 aromatic heterocycles. The zero-order chi connectivity index (χ0) is 14.5. The van der Waals surface area contributed by atoms with Crippen LogP contribution in [0.3, 0.4) is 0 Å². The molecule has 1 aromatic rings. The maximum atomic E-state index is 11.9. The Morgan fingerprint density at radius 2 is 2.24 bits per heavy atom. The number of hydrogen-bond donors (Lipinski definition) is 2. The zero-order valence-electron chi connectivity index (χ0n) is 11.9. The van der Waals surface area contributed by atoms with Gasteiger partial charge < -0.3 is 24.8 Å². The molecule has 0 aliphatic carbocycles. The van der Waals surface area contributed by atoms with E-state index in [9.17, 15) is 4.79 Å². The van der Waals surface area contributed by atoms with Crippen molar-refractivity contribution in [2.45, 2.75) is 25.3 Å². The number of fused-ring (bicyclic) bond motifs is 1. The Morgan fingerprint density at radius 1 is 1.33 bits per heavy atom. The number of benzene rings is 1. The molecule has 3 rings (SSSR count). The highest BCUT2D eigenvalue weighted by atomic mass is 16.7. The van der Waals surface area contributed by atoms with Gasteiger partial charge in [-0.2, -0.15) is 0 Å². The molecule has 6 nitrogen and oxygen atoms in total. The van der Waals surface area contributed by atoms with Crippen LogP contribution in [0.25, 0.3) is 0 Å². The van der Waals surface area contributed by atoms with Crippen LogP contribution in [-0.2, 0) is 4.79 Å². The molecule has 114 valence electrons. The number of ether oxygens (including phenoxy) is 3. The normalized spacial score (nSPS) is 20.1. The highest BCUT2D eigenvalue weighted by molar-refractivity contribution is 5.81. The summed E-state index contributed by atoms with van der Waals surface area (Å²) >= 11 is 0. The van der Waals surface area contributed by atoms with Crippen molar-refractivity contribution >= 4 is 5.91 Å². The van der Waals surface area contributed by atoms with Crippen LogP contribution in [0.4, 0.5) is 0 Å². The van der Waals surface area contributed by atoms with E-state index in [2.05, 4.69) is 10.6 Å². The lowest BCUT2D eigenvalue weighted by Crippen LogP contribution is -2.47. The Bertz CT molecular complexity index is 500. The minimum atomic E-state index is -0.0516. The average molecular weight is 292 g/mol. The fraction of sp³-hybridized carbons (Fsp3) is 0.533. The molecule has 1 aromatic carbocycles. The van der Waals surface area contributed by atoms with Crippen molar-refractivity contribution in [3.8, 4) is 17.2 Å². The second kappa shape index (κ2) is 6.67. The van der Waals surface area contributed by atoms with Crippen molar-refractivity contribution in [1.29, 1.82) is 0 Å². The largest absolute Gasteiger partial charge is 0.492 e. The molecule has 0 saturated carbocycles. The topological polar surface area (TPSA) is 68.8 Å². The Kier molecular flexibility index (Phi) is 4.45. The minimum absolute atomic E-state index is 0.0516. The molecule has 1 amide bonds. The molecule has 2 aliphatic heterocycles. The molecule has 1 saturated heterocycles. The van der Waals surface area contributed by atoms with E-state index in [0.717, 1.165) is 31.6 Å². The Labute approximate surface area is 123 Å². The first-order chi connectivity index (χ1) is 10.3. The van der Waals surface area contributed by atoms with Crippen LogP contribution >= 0.6 is 0 Å². The number of nitrogens with one attached hydrogen (secondary N) is 2. The van der Waals surface area contributed by atoms with Crippen molar-refractivity contribution in [2.24, 2.45) is 0 Å². The van der Waals surface area contributed by atoms with Gasteiger partial charge in [-0.25, -0.2) is 0 Å². The highest BCUT2D eigenvalue weighted by Gasteiger charge is 2.19. The molecule has 21 heavy (non-hydrogen) atoms. The van der Waals surface area contributed by atoms with Crippen LogP contribution in [0.5, 0.6) is 17.2 Å². The van der Waals surface area contributed by atoms with Crippen molar-refractivity contribution in [1.82, 2.24) is 10.6 Å². The lowest BCUT2D eigenvalue weighted by molar-refractivity contribution is -0.123. The second-order valence-electron chi connectivity index (χ2n) is 5.16. The van der Waals surface area contributed by atoms with E-state index in [1.807, 2.05) is 12.1 Å². The smallest absolute Gasteiger partial charge is 0.237 e. The minimum Gasteiger partial charge on any atom is -0.492 e. The zero-order valence-corrected chi connectivity index (χ0v) is 11.9. The van der Waals surface area contributed by atoms with Crippen LogP contribution in [0.2, 0.25) is 0 Å². The van der Waals surface area contributed by atoms with Gasteiger partial charge >= 0.3 is 0 Å². The van der Waals surface area contributed by atoms with Crippen molar-refractivity contribution in [3.05, 3.63) is 18.2 Å². The molecule has 2 heterocycles. The number of piperidine rings is 1. The van der Waals surface area contributed by atoms with E-state index in [1.165, 1.54) is 0 Å². The van der Waals surface area contributed by atoms with E-state index in [4.69, 9.17) is 14.2 Å². The molecule has 2 aliphatic rings. The SMILES string of the molecule is O=C(NCCOc1ccc2c(c1)OCO2)C1CCCCN1. The maximum Gasteiger partial charge on any atom is 0.237 e. The van der Waals surface area contributed by atoms with E-state index in [0.29, 0.717) is 24.7 Å². The summed E-state index contributed by atoms with van der Waals surface area (Å²) in [5.74, 6) is 2.20. The Morgan fingerprint density at radius 3 is 3.10 bits per heavy atom. The maximum absolute atomic E-state index is 11.9. The molecule has 0 spiro atoms. The van der Waals surface area contributed by atoms with Gasteiger partial charge in [-0.3, -0.25) is 4.79 Å². The molecule has 1 unspecified atom stereocenters. The summed E-state index contributed by atoms with van der Waals surface area (Å²) in [5, 5.41) is 6.11. The van der Waals surface area contributed by atoms with Crippen molar-refractivity contribution in [2.75, 3.05) is 26.5 Å². The highest BCUT2D eigenvalue weighted by Crippen LogP contribution is 2.34. The molecule has 0 radical (unpaired) electrons. The van der Waals surface area contributed by atoms with Crippen LogP contribution in [0, 0.1) is 0 Å². The predicted octanol–water partition coefficient (Wildman–Crippen LogP) is 1.05. The third-order valence-electron chi connectivity index (χ3n) is 3.64. The van der Waals surface area contributed by atoms with E-state index < -0.39 is 0 Å². The van der Waals surface area contributed by atoms with Gasteiger partial charge in [0.25, 0.3) is 0 Å². The summed E-state index contributed by atoms with van der Waals surface area (Å²) in [7, 11) is 0. The molecule has 1 atom stereocenters. The van der Waals surface area contributed by atoms with Crippen LogP contribution < -0.4 is 24.8 Å². The Hall–Kier alpha value is -1.95. The van der Waals surface area contributed by atoms with Gasteiger partial charge in [0.05, 0.1) is 12.6 Å². The van der Waals surface area contributed by atoms with Crippen molar-refractivity contribution in [3.63, 3.8) is 0 Å². The summed E-state index contributed by atoms with van der Waals surface area (Å²) in [6.07, 6.45) is 3.17. The standard InChI is InChI=1S/C15H20N2O4/c18-15(12-3-1-2-6-16-12)17-7-8-19-11-4-5-13-14(9-11)21-10-20-13/h4-5,9,12,16H,1-3,6-8,10H2,(H,17,18). The van der Waals surface area contributed by atoms with E-state index in [-0.39, 0.29) is 18.7 Å². The Balaban J connectivity index is 1.39. The number of carbonyl (C=O) groups excluding carboxylic acids is 1. The molecule has 2 N–H and O–H groups in total. The first kappa shape index (κ1) is 14.0. The number of carbonyl (C=O) groups is 1. The fourth-order valence-electron chi connectivity index (χ4n) is 2.51. The monoisotopic (exact) mass is 292 g/mol. The number of amides is 1. The fourth-order valence-corrected chi connectivity index (χ4v) is 2.51. The lowest BCUT2D eigenvalue weighted by atomic mass is 10.0. The molecule has 0 bridgehead atoms. The summed E-state index contributed by atoms with van der Waals surface area (Å²) < 4.78 is 16.1. The molecule has 6 heteroatoms. The van der Waals surface area contributed by atoms with Crippen LogP contribution in [0.1, 0.15) is 19.3 Å². The summed E-state index contributed by atoms with van der Waals surface area (Å²) in [4.78, 5) is 11.9. The van der Waals surface area contributed by atoms with Gasteiger partial charge in [-0.15, -0.1) is 0 Å².